The molecule has 130 valence electrons. The Morgan fingerprint density at radius 1 is 0.619 bits per heavy atom. The number of aliphatic carboxylic acids is 1. The second-order valence-electron chi connectivity index (χ2n) is 6.07. The summed E-state index contributed by atoms with van der Waals surface area (Å²) >= 11 is 0. The third-order valence-electron chi connectivity index (χ3n) is 3.98. The molecule has 0 aliphatic carbocycles. The fraction of sp³-hybridized carbons (Fsp3) is 0.944. The van der Waals surface area contributed by atoms with Gasteiger partial charge in [-0.1, -0.05) is 96.8 Å². The molecule has 0 saturated heterocycles. The van der Waals surface area contributed by atoms with E-state index < -0.39 is 5.97 Å². The minimum absolute atomic E-state index is 0. The number of hydrogen-bond donors (Lipinski definition) is 0. The van der Waals surface area contributed by atoms with Crippen LogP contribution in [0, 0.1) is 0 Å². The van der Waals surface area contributed by atoms with E-state index in [1.54, 1.807) is 0 Å². The fourth-order valence-electron chi connectivity index (χ4n) is 2.64. The Labute approximate surface area is 148 Å². The van der Waals surface area contributed by atoms with Crippen LogP contribution < -0.4 is 5.11 Å². The molecule has 0 bridgehead atoms. The zero-order valence-corrected chi connectivity index (χ0v) is 15.4. The van der Waals surface area contributed by atoms with Gasteiger partial charge in [0.05, 0.1) is 0 Å². The third-order valence-corrected chi connectivity index (χ3v) is 3.98. The standard InChI is InChI=1S/C18H36O2.Ag/c1-2-3-4-5-6-7-8-9-10-11-12-13-14-15-16-17-18(19)20;/h2-17H2,1H3,(H,19,20);/q;+1/p-1. The molecular weight excluding hydrogens is 356 g/mol. The molecule has 0 amide bonds. The first-order valence-electron chi connectivity index (χ1n) is 8.97. The summed E-state index contributed by atoms with van der Waals surface area (Å²) in [7, 11) is 0. The van der Waals surface area contributed by atoms with Crippen LogP contribution in [0.25, 0.3) is 0 Å². The van der Waals surface area contributed by atoms with Crippen molar-refractivity contribution < 1.29 is 32.3 Å². The maximum Gasteiger partial charge on any atom is 1.00 e. The summed E-state index contributed by atoms with van der Waals surface area (Å²) in [6.07, 6.45) is 19.9. The fourth-order valence-corrected chi connectivity index (χ4v) is 2.64. The molecule has 0 unspecified atom stereocenters. The molecule has 0 aliphatic rings. The normalized spacial score (nSPS) is 10.3. The summed E-state index contributed by atoms with van der Waals surface area (Å²) in [5, 5.41) is 10.2. The average Bonchev–Trinajstić information content (AvgIpc) is 2.43. The third kappa shape index (κ3) is 22.6. The summed E-state index contributed by atoms with van der Waals surface area (Å²) in [6, 6.07) is 0. The van der Waals surface area contributed by atoms with E-state index in [0.717, 1.165) is 12.8 Å². The van der Waals surface area contributed by atoms with E-state index in [1.165, 1.54) is 83.5 Å². The maximum absolute atomic E-state index is 10.2. The summed E-state index contributed by atoms with van der Waals surface area (Å²) in [5.74, 6) is -0.903. The topological polar surface area (TPSA) is 40.1 Å². The molecule has 0 radical (unpaired) electrons. The molecule has 2 nitrogen and oxygen atoms in total. The molecule has 0 spiro atoms. The van der Waals surface area contributed by atoms with Gasteiger partial charge in [-0.05, 0) is 12.8 Å². The molecule has 0 aromatic rings. The Hall–Kier alpha value is 0.210. The van der Waals surface area contributed by atoms with Crippen molar-refractivity contribution in [1.29, 1.82) is 0 Å². The van der Waals surface area contributed by atoms with E-state index >= 15 is 0 Å². The first kappa shape index (κ1) is 23.5. The van der Waals surface area contributed by atoms with Crippen molar-refractivity contribution in [3.05, 3.63) is 0 Å². The predicted molar refractivity (Wildman–Crippen MR) is 84.6 cm³/mol. The van der Waals surface area contributed by atoms with Crippen molar-refractivity contribution in [2.45, 2.75) is 110 Å². The number of carbonyl (C=O) groups is 1. The second-order valence-corrected chi connectivity index (χ2v) is 6.07. The Morgan fingerprint density at radius 2 is 0.905 bits per heavy atom. The van der Waals surface area contributed by atoms with Gasteiger partial charge in [0.15, 0.2) is 0 Å². The average molecular weight is 391 g/mol. The molecule has 21 heavy (non-hydrogen) atoms. The minimum atomic E-state index is -0.903. The van der Waals surface area contributed by atoms with Crippen LogP contribution in [0.1, 0.15) is 110 Å². The number of unbranched alkanes of at least 4 members (excludes halogenated alkanes) is 14. The molecule has 0 aliphatic heterocycles. The van der Waals surface area contributed by atoms with Gasteiger partial charge >= 0.3 is 22.4 Å². The number of carbonyl (C=O) groups excluding carboxylic acids is 1. The van der Waals surface area contributed by atoms with Crippen LogP contribution in [-0.2, 0) is 27.2 Å². The zero-order valence-electron chi connectivity index (χ0n) is 13.9. The SMILES string of the molecule is CCCCCCCCCCCCCCCCCC(=O)[O-].[Ag+]. The molecule has 0 saturated carbocycles. The van der Waals surface area contributed by atoms with Gasteiger partial charge in [0.25, 0.3) is 0 Å². The van der Waals surface area contributed by atoms with Crippen LogP contribution in [0.5, 0.6) is 0 Å². The van der Waals surface area contributed by atoms with E-state index in [4.69, 9.17) is 0 Å². The minimum Gasteiger partial charge on any atom is -0.550 e. The van der Waals surface area contributed by atoms with E-state index in [-0.39, 0.29) is 28.8 Å². The second kappa shape index (κ2) is 20.2. The smallest absolute Gasteiger partial charge is 0.550 e. The van der Waals surface area contributed by atoms with Crippen molar-refractivity contribution in [3.8, 4) is 0 Å². The monoisotopic (exact) mass is 390 g/mol. The van der Waals surface area contributed by atoms with Crippen LogP contribution >= 0.6 is 0 Å². The molecule has 0 heterocycles. The van der Waals surface area contributed by atoms with E-state index in [0.29, 0.717) is 0 Å². The zero-order chi connectivity index (χ0) is 14.9. The van der Waals surface area contributed by atoms with Gasteiger partial charge in [0, 0.05) is 5.97 Å². The van der Waals surface area contributed by atoms with Gasteiger partial charge in [0.2, 0.25) is 0 Å². The van der Waals surface area contributed by atoms with Crippen LogP contribution in [0.4, 0.5) is 0 Å². The van der Waals surface area contributed by atoms with Gasteiger partial charge in [0.1, 0.15) is 0 Å². The predicted octanol–water partition coefficient (Wildman–Crippen LogP) is 5.00. The molecule has 0 aromatic carbocycles. The molecule has 0 rings (SSSR count). The summed E-state index contributed by atoms with van der Waals surface area (Å²) < 4.78 is 0. The van der Waals surface area contributed by atoms with Gasteiger partial charge in [-0.15, -0.1) is 0 Å². The van der Waals surface area contributed by atoms with Crippen molar-refractivity contribution in [2.24, 2.45) is 0 Å². The Kier molecular flexibility index (Phi) is 22.6. The van der Waals surface area contributed by atoms with Gasteiger partial charge in [-0.25, -0.2) is 0 Å². The van der Waals surface area contributed by atoms with Crippen LogP contribution in [-0.4, -0.2) is 5.97 Å². The van der Waals surface area contributed by atoms with E-state index in [9.17, 15) is 9.90 Å². The summed E-state index contributed by atoms with van der Waals surface area (Å²) in [6.45, 7) is 2.27. The molecule has 0 N–H and O–H groups in total. The van der Waals surface area contributed by atoms with Crippen LogP contribution in [0.15, 0.2) is 0 Å². The van der Waals surface area contributed by atoms with Crippen molar-refractivity contribution in [1.82, 2.24) is 0 Å². The largest absolute Gasteiger partial charge is 1.00 e. The van der Waals surface area contributed by atoms with Gasteiger partial charge in [-0.2, -0.15) is 0 Å². The number of rotatable bonds is 16. The Bertz CT molecular complexity index is 207. The first-order chi connectivity index (χ1) is 9.77. The van der Waals surface area contributed by atoms with Crippen molar-refractivity contribution >= 4 is 5.97 Å². The number of carboxylic acids is 1. The van der Waals surface area contributed by atoms with Crippen LogP contribution in [0.2, 0.25) is 0 Å². The van der Waals surface area contributed by atoms with Crippen molar-refractivity contribution in [2.75, 3.05) is 0 Å². The van der Waals surface area contributed by atoms with Gasteiger partial charge in [-0.3, -0.25) is 0 Å². The van der Waals surface area contributed by atoms with Gasteiger partial charge < -0.3 is 9.90 Å². The van der Waals surface area contributed by atoms with E-state index in [2.05, 4.69) is 6.92 Å². The molecule has 0 atom stereocenters. The first-order valence-corrected chi connectivity index (χ1v) is 8.97. The van der Waals surface area contributed by atoms with Crippen molar-refractivity contribution in [3.63, 3.8) is 0 Å². The number of carboxylic acid groups (broad SMARTS) is 1. The van der Waals surface area contributed by atoms with E-state index in [1.807, 2.05) is 0 Å². The molecular formula is C18H35AgO2. The molecule has 0 fully saturated rings. The maximum atomic E-state index is 10.2. The van der Waals surface area contributed by atoms with Crippen LogP contribution in [0.3, 0.4) is 0 Å². The Balaban J connectivity index is 0. The quantitative estimate of drug-likeness (QED) is 0.275. The molecule has 0 aromatic heterocycles. The summed E-state index contributed by atoms with van der Waals surface area (Å²) in [4.78, 5) is 10.2. The Morgan fingerprint density at radius 3 is 1.19 bits per heavy atom. The number of hydrogen-bond acceptors (Lipinski definition) is 2. The molecule has 3 heteroatoms. The summed E-state index contributed by atoms with van der Waals surface area (Å²) in [5.41, 5.74) is 0.